The van der Waals surface area contributed by atoms with Crippen molar-refractivity contribution >= 4 is 17.8 Å². The first kappa shape index (κ1) is 22.5. The highest BCUT2D eigenvalue weighted by Gasteiger charge is 2.28. The van der Waals surface area contributed by atoms with Crippen molar-refractivity contribution in [1.29, 1.82) is 0 Å². The molecule has 1 N–H and O–H groups in total. The molecule has 31 heavy (non-hydrogen) atoms. The van der Waals surface area contributed by atoms with Crippen LogP contribution < -0.4 is 5.32 Å². The number of nitrogens with one attached hydrogen (secondary N) is 1. The summed E-state index contributed by atoms with van der Waals surface area (Å²) in [5.74, 6) is -0.323. The van der Waals surface area contributed by atoms with Crippen LogP contribution in [0.1, 0.15) is 59.9 Å². The Kier molecular flexibility index (Phi) is 7.10. The number of likely N-dealkylation sites (tertiary alicyclic amines) is 1. The van der Waals surface area contributed by atoms with Crippen molar-refractivity contribution in [2.24, 2.45) is 5.92 Å². The molecule has 6 nitrogen and oxygen atoms in total. The number of amides is 2. The van der Waals surface area contributed by atoms with Gasteiger partial charge in [-0.3, -0.25) is 9.59 Å². The van der Waals surface area contributed by atoms with E-state index in [4.69, 9.17) is 4.74 Å². The van der Waals surface area contributed by atoms with Gasteiger partial charge in [0.15, 0.2) is 5.78 Å². The van der Waals surface area contributed by atoms with E-state index >= 15 is 0 Å². The van der Waals surface area contributed by atoms with Gasteiger partial charge in [0.05, 0.1) is 5.56 Å². The van der Waals surface area contributed by atoms with E-state index in [1.165, 1.54) is 0 Å². The molecule has 1 unspecified atom stereocenters. The average molecular weight is 423 g/mol. The van der Waals surface area contributed by atoms with Gasteiger partial charge in [0.2, 0.25) is 0 Å². The zero-order chi connectivity index (χ0) is 22.4. The van der Waals surface area contributed by atoms with Crippen molar-refractivity contribution < 1.29 is 19.1 Å². The van der Waals surface area contributed by atoms with Crippen molar-refractivity contribution in [2.45, 2.75) is 39.2 Å². The fourth-order valence-corrected chi connectivity index (χ4v) is 3.68. The SMILES string of the molecule is CC(C)(C)OC(=O)N1CCCC(CNC(=O)c2ccccc2C(=O)c2ccccc2)C1. The van der Waals surface area contributed by atoms with Crippen molar-refractivity contribution in [3.05, 3.63) is 71.3 Å². The minimum absolute atomic E-state index is 0.141. The minimum atomic E-state index is -0.534. The van der Waals surface area contributed by atoms with Crippen LogP contribution in [0.2, 0.25) is 0 Å². The molecular formula is C25H30N2O4. The van der Waals surface area contributed by atoms with Gasteiger partial charge in [0.25, 0.3) is 5.91 Å². The predicted molar refractivity (Wildman–Crippen MR) is 119 cm³/mol. The molecule has 1 aliphatic heterocycles. The molecule has 1 saturated heterocycles. The third-order valence-electron chi connectivity index (χ3n) is 5.17. The Morgan fingerprint density at radius 3 is 2.32 bits per heavy atom. The number of carbonyl (C=O) groups is 3. The van der Waals surface area contributed by atoms with Gasteiger partial charge in [-0.2, -0.15) is 0 Å². The molecule has 3 rings (SSSR count). The molecule has 1 atom stereocenters. The summed E-state index contributed by atoms with van der Waals surface area (Å²) in [6.45, 7) is 7.18. The fraction of sp³-hybridized carbons (Fsp3) is 0.400. The van der Waals surface area contributed by atoms with Crippen LogP contribution in [0.15, 0.2) is 54.6 Å². The van der Waals surface area contributed by atoms with Gasteiger partial charge < -0.3 is 15.0 Å². The van der Waals surface area contributed by atoms with E-state index < -0.39 is 5.60 Å². The number of hydrogen-bond donors (Lipinski definition) is 1. The quantitative estimate of drug-likeness (QED) is 0.729. The van der Waals surface area contributed by atoms with E-state index in [9.17, 15) is 14.4 Å². The lowest BCUT2D eigenvalue weighted by atomic mass is 9.96. The number of ketones is 1. The maximum atomic E-state index is 12.9. The molecule has 2 aromatic carbocycles. The molecule has 0 aromatic heterocycles. The van der Waals surface area contributed by atoms with Crippen molar-refractivity contribution in [2.75, 3.05) is 19.6 Å². The number of ether oxygens (including phenoxy) is 1. The normalized spacial score (nSPS) is 16.5. The molecule has 2 amide bonds. The Labute approximate surface area is 183 Å². The number of benzene rings is 2. The third-order valence-corrected chi connectivity index (χ3v) is 5.17. The van der Waals surface area contributed by atoms with E-state index in [0.29, 0.717) is 36.3 Å². The van der Waals surface area contributed by atoms with Gasteiger partial charge in [-0.25, -0.2) is 4.79 Å². The zero-order valence-corrected chi connectivity index (χ0v) is 18.4. The topological polar surface area (TPSA) is 75.7 Å². The standard InChI is InChI=1S/C25H30N2O4/c1-25(2,3)31-24(30)27-15-9-10-18(17-27)16-26-23(29)21-14-8-7-13-20(21)22(28)19-11-5-4-6-12-19/h4-8,11-14,18H,9-10,15-17H2,1-3H3,(H,26,29). The highest BCUT2D eigenvalue weighted by atomic mass is 16.6. The molecule has 1 heterocycles. The lowest BCUT2D eigenvalue weighted by Gasteiger charge is -2.34. The van der Waals surface area contributed by atoms with Crippen LogP contribution in [0, 0.1) is 5.92 Å². The first-order chi connectivity index (χ1) is 14.7. The van der Waals surface area contributed by atoms with E-state index in [2.05, 4.69) is 5.32 Å². The Bertz CT molecular complexity index is 934. The highest BCUT2D eigenvalue weighted by Crippen LogP contribution is 2.20. The number of carbonyl (C=O) groups excluding carboxylic acids is 3. The Hall–Kier alpha value is -3.15. The molecule has 0 radical (unpaired) electrons. The number of hydrogen-bond acceptors (Lipinski definition) is 4. The summed E-state index contributed by atoms with van der Waals surface area (Å²) in [6, 6.07) is 15.8. The summed E-state index contributed by atoms with van der Waals surface area (Å²) in [4.78, 5) is 39.8. The largest absolute Gasteiger partial charge is 0.444 e. The number of nitrogens with zero attached hydrogens (tertiary/aromatic N) is 1. The second-order valence-electron chi connectivity index (χ2n) is 8.89. The van der Waals surface area contributed by atoms with E-state index in [0.717, 1.165) is 12.8 Å². The first-order valence-electron chi connectivity index (χ1n) is 10.7. The molecule has 0 spiro atoms. The van der Waals surface area contributed by atoms with E-state index in [1.807, 2.05) is 26.8 Å². The second kappa shape index (κ2) is 9.77. The molecule has 164 valence electrons. The molecule has 0 saturated carbocycles. The van der Waals surface area contributed by atoms with E-state index in [1.54, 1.807) is 53.4 Å². The summed E-state index contributed by atoms with van der Waals surface area (Å²) in [7, 11) is 0. The van der Waals surface area contributed by atoms with Crippen LogP contribution in [0.5, 0.6) is 0 Å². The first-order valence-corrected chi connectivity index (χ1v) is 10.7. The summed E-state index contributed by atoms with van der Waals surface area (Å²) in [5.41, 5.74) is 0.747. The predicted octanol–water partition coefficient (Wildman–Crippen LogP) is 4.29. The number of piperidine rings is 1. The smallest absolute Gasteiger partial charge is 0.410 e. The maximum Gasteiger partial charge on any atom is 0.410 e. The van der Waals surface area contributed by atoms with Crippen LogP contribution in [0.3, 0.4) is 0 Å². The van der Waals surface area contributed by atoms with Crippen molar-refractivity contribution in [3.63, 3.8) is 0 Å². The monoisotopic (exact) mass is 422 g/mol. The van der Waals surface area contributed by atoms with Gasteiger partial charge in [0, 0.05) is 30.8 Å². The molecular weight excluding hydrogens is 392 g/mol. The van der Waals surface area contributed by atoms with E-state index in [-0.39, 0.29) is 23.7 Å². The molecule has 1 aliphatic rings. The molecule has 1 fully saturated rings. The van der Waals surface area contributed by atoms with Crippen LogP contribution in [-0.2, 0) is 4.74 Å². The van der Waals surface area contributed by atoms with Gasteiger partial charge in [0.1, 0.15) is 5.60 Å². The highest BCUT2D eigenvalue weighted by molar-refractivity contribution is 6.15. The van der Waals surface area contributed by atoms with Crippen LogP contribution in [0.4, 0.5) is 4.79 Å². The van der Waals surface area contributed by atoms with Gasteiger partial charge >= 0.3 is 6.09 Å². The Morgan fingerprint density at radius 1 is 1.00 bits per heavy atom. The molecule has 6 heteroatoms. The van der Waals surface area contributed by atoms with Crippen LogP contribution in [0.25, 0.3) is 0 Å². The fourth-order valence-electron chi connectivity index (χ4n) is 3.68. The number of rotatable bonds is 5. The summed E-state index contributed by atoms with van der Waals surface area (Å²) >= 11 is 0. The zero-order valence-electron chi connectivity index (χ0n) is 18.4. The van der Waals surface area contributed by atoms with Crippen LogP contribution in [-0.4, -0.2) is 47.9 Å². The van der Waals surface area contributed by atoms with Gasteiger partial charge in [-0.15, -0.1) is 0 Å². The van der Waals surface area contributed by atoms with Gasteiger partial charge in [-0.1, -0.05) is 48.5 Å². The molecule has 0 bridgehead atoms. The maximum absolute atomic E-state index is 12.9. The van der Waals surface area contributed by atoms with Gasteiger partial charge in [-0.05, 0) is 45.6 Å². The summed E-state index contributed by atoms with van der Waals surface area (Å²) < 4.78 is 5.47. The van der Waals surface area contributed by atoms with Crippen molar-refractivity contribution in [3.8, 4) is 0 Å². The second-order valence-corrected chi connectivity index (χ2v) is 8.89. The average Bonchev–Trinajstić information content (AvgIpc) is 2.76. The Balaban J connectivity index is 1.62. The minimum Gasteiger partial charge on any atom is -0.444 e. The lowest BCUT2D eigenvalue weighted by Crippen LogP contribution is -2.45. The molecule has 0 aliphatic carbocycles. The van der Waals surface area contributed by atoms with Crippen molar-refractivity contribution in [1.82, 2.24) is 10.2 Å². The lowest BCUT2D eigenvalue weighted by molar-refractivity contribution is 0.0167. The van der Waals surface area contributed by atoms with Crippen LogP contribution >= 0.6 is 0 Å². The Morgan fingerprint density at radius 2 is 1.65 bits per heavy atom. The third kappa shape index (κ3) is 6.17. The summed E-state index contributed by atoms with van der Waals surface area (Å²) in [6.07, 6.45) is 1.47. The summed E-state index contributed by atoms with van der Waals surface area (Å²) in [5, 5.41) is 2.95. The molecule has 2 aromatic rings.